The maximum Gasteiger partial charge on any atom is 0.127 e. The molecule has 3 aromatic rings. The van der Waals surface area contributed by atoms with Gasteiger partial charge in [-0.1, -0.05) is 5.16 Å². The van der Waals surface area contributed by atoms with Crippen molar-refractivity contribution in [3.05, 3.63) is 55.8 Å². The molecule has 0 atom stereocenters. The molecule has 2 heterocycles. The van der Waals surface area contributed by atoms with Crippen LogP contribution in [-0.2, 0) is 13.0 Å². The molecule has 0 N–H and O–H groups in total. The second-order valence-corrected chi connectivity index (χ2v) is 6.68. The van der Waals surface area contributed by atoms with Gasteiger partial charge in [-0.15, -0.1) is 0 Å². The highest BCUT2D eigenvalue weighted by atomic mass is 127. The first-order valence-corrected chi connectivity index (χ1v) is 8.56. The maximum absolute atomic E-state index is 13.3. The molecule has 0 fully saturated rings. The normalized spacial score (nSPS) is 11.1. The van der Waals surface area contributed by atoms with Gasteiger partial charge in [0.05, 0.1) is 6.20 Å². The number of aromatic nitrogens is 3. The third-order valence-corrected chi connectivity index (χ3v) is 5.17. The fourth-order valence-electron chi connectivity index (χ4n) is 2.24. The molecule has 22 heavy (non-hydrogen) atoms. The van der Waals surface area contributed by atoms with E-state index in [0.29, 0.717) is 6.42 Å². The highest BCUT2D eigenvalue weighted by molar-refractivity contribution is 14.1. The number of hydrogen-bond donors (Lipinski definition) is 0. The number of hydrogen-bond acceptors (Lipinski definition) is 3. The van der Waals surface area contributed by atoms with Crippen molar-refractivity contribution in [2.24, 2.45) is 0 Å². The van der Waals surface area contributed by atoms with E-state index >= 15 is 0 Å². The molecule has 114 valence electrons. The van der Waals surface area contributed by atoms with Crippen molar-refractivity contribution in [2.75, 3.05) is 0 Å². The molecule has 0 aliphatic rings. The zero-order valence-electron chi connectivity index (χ0n) is 11.7. The number of benzene rings is 1. The molecule has 3 rings (SSSR count). The molecule has 1 aromatic carbocycles. The quantitative estimate of drug-likeness (QED) is 0.515. The third-order valence-electron chi connectivity index (χ3n) is 3.35. The van der Waals surface area contributed by atoms with Gasteiger partial charge < -0.3 is 4.52 Å². The van der Waals surface area contributed by atoms with Crippen LogP contribution in [0.2, 0.25) is 0 Å². The number of halogens is 3. The van der Waals surface area contributed by atoms with E-state index in [1.54, 1.807) is 12.3 Å². The summed E-state index contributed by atoms with van der Waals surface area (Å²) >= 11 is 5.66. The fraction of sp³-hybridized carbons (Fsp3) is 0.200. The Labute approximate surface area is 149 Å². The van der Waals surface area contributed by atoms with Gasteiger partial charge in [0.25, 0.3) is 0 Å². The highest BCUT2D eigenvalue weighted by Crippen LogP contribution is 2.30. The second kappa shape index (κ2) is 6.49. The average molecular weight is 476 g/mol. The fourth-order valence-corrected chi connectivity index (χ4v) is 3.56. The van der Waals surface area contributed by atoms with Gasteiger partial charge in [0.2, 0.25) is 0 Å². The van der Waals surface area contributed by atoms with E-state index in [1.807, 2.05) is 17.8 Å². The average Bonchev–Trinajstić information content (AvgIpc) is 3.07. The predicted octanol–water partition coefficient (Wildman–Crippen LogP) is 4.66. The van der Waals surface area contributed by atoms with E-state index < -0.39 is 0 Å². The zero-order valence-corrected chi connectivity index (χ0v) is 15.4. The first-order valence-electron chi connectivity index (χ1n) is 6.69. The lowest BCUT2D eigenvalue weighted by Crippen LogP contribution is -1.97. The molecule has 0 aliphatic carbocycles. The van der Waals surface area contributed by atoms with E-state index in [9.17, 15) is 4.39 Å². The monoisotopic (exact) mass is 475 g/mol. The Kier molecular flexibility index (Phi) is 4.62. The van der Waals surface area contributed by atoms with Gasteiger partial charge in [-0.3, -0.25) is 4.68 Å². The second-order valence-electron chi connectivity index (χ2n) is 4.77. The lowest BCUT2D eigenvalue weighted by molar-refractivity contribution is 0.421. The molecule has 0 unspecified atom stereocenters. The van der Waals surface area contributed by atoms with Gasteiger partial charge in [0, 0.05) is 33.2 Å². The summed E-state index contributed by atoms with van der Waals surface area (Å²) in [7, 11) is 0. The summed E-state index contributed by atoms with van der Waals surface area (Å²) in [6.45, 7) is 2.83. The minimum Gasteiger partial charge on any atom is -0.364 e. The van der Waals surface area contributed by atoms with Crippen LogP contribution in [0.15, 0.2) is 39.8 Å². The van der Waals surface area contributed by atoms with Crippen LogP contribution in [0.4, 0.5) is 4.39 Å². The van der Waals surface area contributed by atoms with Crippen LogP contribution in [0.25, 0.3) is 11.3 Å². The Morgan fingerprint density at radius 3 is 2.86 bits per heavy atom. The number of nitrogens with zero attached hydrogens (tertiary/aromatic N) is 3. The highest BCUT2D eigenvalue weighted by Gasteiger charge is 2.16. The predicted molar refractivity (Wildman–Crippen MR) is 93.0 cm³/mol. The van der Waals surface area contributed by atoms with Gasteiger partial charge in [-0.2, -0.15) is 5.10 Å². The van der Waals surface area contributed by atoms with Crippen molar-refractivity contribution >= 4 is 38.5 Å². The minimum absolute atomic E-state index is 0.259. The third kappa shape index (κ3) is 2.96. The van der Waals surface area contributed by atoms with Gasteiger partial charge in [0.1, 0.15) is 22.4 Å². The van der Waals surface area contributed by atoms with Crippen molar-refractivity contribution in [3.8, 4) is 11.3 Å². The van der Waals surface area contributed by atoms with E-state index in [-0.39, 0.29) is 5.82 Å². The smallest absolute Gasteiger partial charge is 0.127 e. The van der Waals surface area contributed by atoms with E-state index in [1.165, 1.54) is 12.1 Å². The summed E-state index contributed by atoms with van der Waals surface area (Å²) in [5.74, 6) is -0.259. The van der Waals surface area contributed by atoms with Crippen LogP contribution >= 0.6 is 38.5 Å². The molecule has 0 radical (unpaired) electrons. The summed E-state index contributed by atoms with van der Waals surface area (Å²) in [4.78, 5) is 0. The number of rotatable bonds is 4. The Morgan fingerprint density at radius 2 is 2.18 bits per heavy atom. The molecular weight excluding hydrogens is 464 g/mol. The molecule has 2 aromatic heterocycles. The minimum atomic E-state index is -0.259. The summed E-state index contributed by atoms with van der Waals surface area (Å²) in [5, 5.41) is 8.40. The topological polar surface area (TPSA) is 43.9 Å². The van der Waals surface area contributed by atoms with Crippen molar-refractivity contribution < 1.29 is 8.91 Å². The van der Waals surface area contributed by atoms with E-state index in [2.05, 4.69) is 48.8 Å². The Hall–Kier alpha value is -1.22. The SMILES string of the molecule is CCn1ncc(Cc2conc2-c2ccc(F)cc2I)c1Br. The maximum atomic E-state index is 13.3. The molecule has 0 saturated carbocycles. The zero-order chi connectivity index (χ0) is 15.7. The van der Waals surface area contributed by atoms with Crippen molar-refractivity contribution in [2.45, 2.75) is 19.9 Å². The van der Waals surface area contributed by atoms with Gasteiger partial charge in [-0.05, 0) is 63.6 Å². The molecule has 0 aliphatic heterocycles. The van der Waals surface area contributed by atoms with Crippen LogP contribution in [0.1, 0.15) is 18.1 Å². The van der Waals surface area contributed by atoms with Gasteiger partial charge in [-0.25, -0.2) is 4.39 Å². The summed E-state index contributed by atoms with van der Waals surface area (Å²) in [6.07, 6.45) is 4.11. The Morgan fingerprint density at radius 1 is 1.36 bits per heavy atom. The van der Waals surface area contributed by atoms with Crippen molar-refractivity contribution in [1.29, 1.82) is 0 Å². The molecular formula is C15H12BrFIN3O. The van der Waals surface area contributed by atoms with Crippen LogP contribution in [0.5, 0.6) is 0 Å². The van der Waals surface area contributed by atoms with Crippen molar-refractivity contribution in [3.63, 3.8) is 0 Å². The summed E-state index contributed by atoms with van der Waals surface area (Å²) in [6, 6.07) is 4.64. The molecule has 0 bridgehead atoms. The molecule has 0 spiro atoms. The van der Waals surface area contributed by atoms with Gasteiger partial charge >= 0.3 is 0 Å². The molecule has 0 saturated heterocycles. The van der Waals surface area contributed by atoms with Crippen LogP contribution < -0.4 is 0 Å². The van der Waals surface area contributed by atoms with E-state index in [0.717, 1.165) is 37.1 Å². The summed E-state index contributed by atoms with van der Waals surface area (Å²) in [5.41, 5.74) is 3.61. The molecule has 0 amide bonds. The van der Waals surface area contributed by atoms with Crippen molar-refractivity contribution in [1.82, 2.24) is 14.9 Å². The number of aryl methyl sites for hydroxylation is 1. The Bertz CT molecular complexity index is 815. The standard InChI is InChI=1S/C15H12BrFIN3O/c1-2-21-15(16)9(7-19-21)5-10-8-22-20-14(10)12-4-3-11(17)6-13(12)18/h3-4,6-8H,2,5H2,1H3. The molecule has 7 heteroatoms. The van der Waals surface area contributed by atoms with Crippen LogP contribution in [-0.4, -0.2) is 14.9 Å². The van der Waals surface area contributed by atoms with Gasteiger partial charge in [0.15, 0.2) is 0 Å². The molecule has 4 nitrogen and oxygen atoms in total. The lowest BCUT2D eigenvalue weighted by Gasteiger charge is -2.04. The van der Waals surface area contributed by atoms with E-state index in [4.69, 9.17) is 4.52 Å². The van der Waals surface area contributed by atoms with Crippen LogP contribution in [0.3, 0.4) is 0 Å². The first-order chi connectivity index (χ1) is 10.6. The Balaban J connectivity index is 1.97. The van der Waals surface area contributed by atoms with Crippen LogP contribution in [0, 0.1) is 9.39 Å². The first kappa shape index (κ1) is 15.7. The lowest BCUT2D eigenvalue weighted by atomic mass is 10.0. The summed E-state index contributed by atoms with van der Waals surface area (Å²) < 4.78 is 22.0. The largest absolute Gasteiger partial charge is 0.364 e.